The van der Waals surface area contributed by atoms with Crippen LogP contribution in [-0.4, -0.2) is 42.8 Å². The van der Waals surface area contributed by atoms with Gasteiger partial charge in [0.1, 0.15) is 0 Å². The van der Waals surface area contributed by atoms with Crippen molar-refractivity contribution in [1.82, 2.24) is 10.2 Å². The van der Waals surface area contributed by atoms with Crippen molar-refractivity contribution in [3.63, 3.8) is 0 Å². The lowest BCUT2D eigenvalue weighted by atomic mass is 9.96. The van der Waals surface area contributed by atoms with Crippen LogP contribution in [-0.2, 0) is 0 Å². The molecule has 0 aromatic heterocycles. The Hall–Kier alpha value is -0.900. The van der Waals surface area contributed by atoms with Gasteiger partial charge >= 0.3 is 0 Å². The summed E-state index contributed by atoms with van der Waals surface area (Å²) < 4.78 is 0. The van der Waals surface area contributed by atoms with E-state index in [-0.39, 0.29) is 6.10 Å². The van der Waals surface area contributed by atoms with Gasteiger partial charge in [-0.3, -0.25) is 0 Å². The number of aliphatic hydroxyl groups is 1. The second-order valence-electron chi connectivity index (χ2n) is 5.67. The van der Waals surface area contributed by atoms with E-state index in [4.69, 9.17) is 0 Å². The number of nitrogens with zero attached hydrogens (tertiary/aromatic N) is 1. The molecule has 3 heteroatoms. The largest absolute Gasteiger partial charge is 0.393 e. The zero-order chi connectivity index (χ0) is 13.7. The molecule has 19 heavy (non-hydrogen) atoms. The summed E-state index contributed by atoms with van der Waals surface area (Å²) in [6, 6.07) is 11.0. The maximum atomic E-state index is 9.76. The van der Waals surface area contributed by atoms with Crippen LogP contribution in [0.15, 0.2) is 30.3 Å². The van der Waals surface area contributed by atoms with E-state index >= 15 is 0 Å². The van der Waals surface area contributed by atoms with Gasteiger partial charge in [0, 0.05) is 19.1 Å². The van der Waals surface area contributed by atoms with Gasteiger partial charge in [-0.25, -0.2) is 0 Å². The van der Waals surface area contributed by atoms with Crippen molar-refractivity contribution < 1.29 is 5.11 Å². The average molecular weight is 262 g/mol. The Kier molecular flexibility index (Phi) is 5.37. The van der Waals surface area contributed by atoms with Crippen molar-refractivity contribution in [3.05, 3.63) is 35.9 Å². The predicted octanol–water partition coefficient (Wildman–Crippen LogP) is 2.04. The molecule has 0 radical (unpaired) electrons. The zero-order valence-electron chi connectivity index (χ0n) is 12.0. The van der Waals surface area contributed by atoms with Crippen LogP contribution in [0.5, 0.6) is 0 Å². The molecule has 1 aliphatic rings. The Morgan fingerprint density at radius 1 is 1.37 bits per heavy atom. The van der Waals surface area contributed by atoms with Crippen molar-refractivity contribution >= 4 is 0 Å². The van der Waals surface area contributed by atoms with Gasteiger partial charge in [-0.2, -0.15) is 0 Å². The van der Waals surface area contributed by atoms with E-state index < -0.39 is 0 Å². The molecular formula is C16H26N2O. The second kappa shape index (κ2) is 7.04. The lowest BCUT2D eigenvalue weighted by molar-refractivity contribution is 0.0338. The molecule has 2 N–H and O–H groups in total. The normalized spacial score (nSPS) is 26.3. The van der Waals surface area contributed by atoms with Gasteiger partial charge in [-0.15, -0.1) is 0 Å². The number of hydrogen-bond acceptors (Lipinski definition) is 3. The van der Waals surface area contributed by atoms with Crippen LogP contribution in [0.25, 0.3) is 0 Å². The molecule has 0 amide bonds. The van der Waals surface area contributed by atoms with Gasteiger partial charge in [0.25, 0.3) is 0 Å². The number of benzene rings is 1. The minimum absolute atomic E-state index is 0.106. The van der Waals surface area contributed by atoms with Crippen molar-refractivity contribution in [1.29, 1.82) is 0 Å². The number of piperidine rings is 1. The molecule has 1 aromatic carbocycles. The number of hydrogen-bond donors (Lipinski definition) is 2. The van der Waals surface area contributed by atoms with Gasteiger partial charge in [-0.1, -0.05) is 37.3 Å². The summed E-state index contributed by atoms with van der Waals surface area (Å²) in [5.41, 5.74) is 1.36. The molecule has 2 rings (SSSR count). The monoisotopic (exact) mass is 262 g/mol. The van der Waals surface area contributed by atoms with Crippen molar-refractivity contribution in [2.75, 3.05) is 26.7 Å². The highest BCUT2D eigenvalue weighted by Crippen LogP contribution is 2.20. The zero-order valence-corrected chi connectivity index (χ0v) is 12.0. The molecule has 0 spiro atoms. The standard InChI is InChI=1S/C16H26N2O/c1-13-12-18(11-9-16(13)19)10-8-15(17-2)14-6-4-3-5-7-14/h3-7,13,15-17,19H,8-12H2,1-2H3. The Bertz CT molecular complexity index is 368. The van der Waals surface area contributed by atoms with Gasteiger partial charge in [0.2, 0.25) is 0 Å². The van der Waals surface area contributed by atoms with E-state index in [1.165, 1.54) is 5.56 Å². The average Bonchev–Trinajstić information content (AvgIpc) is 2.44. The molecule has 1 saturated heterocycles. The summed E-state index contributed by atoms with van der Waals surface area (Å²) >= 11 is 0. The molecule has 1 aliphatic heterocycles. The van der Waals surface area contributed by atoms with Crippen LogP contribution in [0.2, 0.25) is 0 Å². The third kappa shape index (κ3) is 4.03. The molecule has 1 aromatic rings. The van der Waals surface area contributed by atoms with Crippen LogP contribution < -0.4 is 5.32 Å². The first-order chi connectivity index (χ1) is 9.20. The highest BCUT2D eigenvalue weighted by Gasteiger charge is 2.24. The Balaban J connectivity index is 1.84. The van der Waals surface area contributed by atoms with Crippen LogP contribution in [0.3, 0.4) is 0 Å². The molecule has 0 saturated carbocycles. The molecule has 106 valence electrons. The van der Waals surface area contributed by atoms with E-state index in [0.717, 1.165) is 32.5 Å². The SMILES string of the molecule is CNC(CCN1CCC(O)C(C)C1)c1ccccc1. The van der Waals surface area contributed by atoms with E-state index in [1.54, 1.807) is 0 Å². The highest BCUT2D eigenvalue weighted by atomic mass is 16.3. The predicted molar refractivity (Wildman–Crippen MR) is 79.1 cm³/mol. The van der Waals surface area contributed by atoms with Crippen LogP contribution in [0.4, 0.5) is 0 Å². The van der Waals surface area contributed by atoms with Crippen LogP contribution >= 0.6 is 0 Å². The maximum absolute atomic E-state index is 9.76. The fourth-order valence-corrected chi connectivity index (χ4v) is 2.90. The molecule has 3 unspecified atom stereocenters. The van der Waals surface area contributed by atoms with Gasteiger partial charge in [0.05, 0.1) is 6.10 Å². The summed E-state index contributed by atoms with van der Waals surface area (Å²) in [6.45, 7) is 5.28. The molecule has 3 nitrogen and oxygen atoms in total. The summed E-state index contributed by atoms with van der Waals surface area (Å²) in [4.78, 5) is 2.48. The molecule has 0 bridgehead atoms. The second-order valence-corrected chi connectivity index (χ2v) is 5.67. The third-order valence-electron chi connectivity index (χ3n) is 4.23. The van der Waals surface area contributed by atoms with Crippen LogP contribution in [0, 0.1) is 5.92 Å². The van der Waals surface area contributed by atoms with Crippen molar-refractivity contribution in [2.24, 2.45) is 5.92 Å². The Labute approximate surface area is 116 Å². The number of likely N-dealkylation sites (tertiary alicyclic amines) is 1. The van der Waals surface area contributed by atoms with Gasteiger partial charge in [-0.05, 0) is 37.9 Å². The summed E-state index contributed by atoms with van der Waals surface area (Å²) in [6.07, 6.45) is 1.92. The minimum Gasteiger partial charge on any atom is -0.393 e. The molecule has 3 atom stereocenters. The highest BCUT2D eigenvalue weighted by molar-refractivity contribution is 5.18. The number of rotatable bonds is 5. The first-order valence-electron chi connectivity index (χ1n) is 7.33. The third-order valence-corrected chi connectivity index (χ3v) is 4.23. The molecule has 0 aliphatic carbocycles. The summed E-state index contributed by atoms with van der Waals surface area (Å²) in [5, 5.41) is 13.2. The van der Waals surface area contributed by atoms with E-state index in [1.807, 2.05) is 7.05 Å². The molecular weight excluding hydrogens is 236 g/mol. The van der Waals surface area contributed by atoms with Gasteiger partial charge in [0.15, 0.2) is 0 Å². The number of aliphatic hydroxyl groups excluding tert-OH is 1. The summed E-state index contributed by atoms with van der Waals surface area (Å²) in [5.74, 6) is 0.401. The maximum Gasteiger partial charge on any atom is 0.0590 e. The van der Waals surface area contributed by atoms with Crippen molar-refractivity contribution in [3.8, 4) is 0 Å². The Morgan fingerprint density at radius 2 is 2.11 bits per heavy atom. The van der Waals surface area contributed by atoms with E-state index in [2.05, 4.69) is 47.5 Å². The first kappa shape index (κ1) is 14.5. The fourth-order valence-electron chi connectivity index (χ4n) is 2.90. The quantitative estimate of drug-likeness (QED) is 0.852. The lowest BCUT2D eigenvalue weighted by Gasteiger charge is -2.35. The van der Waals surface area contributed by atoms with Crippen LogP contribution in [0.1, 0.15) is 31.4 Å². The van der Waals surface area contributed by atoms with E-state index in [9.17, 15) is 5.11 Å². The van der Waals surface area contributed by atoms with Gasteiger partial charge < -0.3 is 15.3 Å². The summed E-state index contributed by atoms with van der Waals surface area (Å²) in [7, 11) is 2.03. The Morgan fingerprint density at radius 3 is 2.74 bits per heavy atom. The van der Waals surface area contributed by atoms with E-state index in [0.29, 0.717) is 12.0 Å². The van der Waals surface area contributed by atoms with Crippen molar-refractivity contribution in [2.45, 2.75) is 31.9 Å². The minimum atomic E-state index is -0.106. The number of nitrogens with one attached hydrogen (secondary N) is 1. The smallest absolute Gasteiger partial charge is 0.0590 e. The lowest BCUT2D eigenvalue weighted by Crippen LogP contribution is -2.42. The molecule has 1 fully saturated rings. The molecule has 1 heterocycles. The first-order valence-corrected chi connectivity index (χ1v) is 7.33. The fraction of sp³-hybridized carbons (Fsp3) is 0.625. The topological polar surface area (TPSA) is 35.5 Å².